The van der Waals surface area contributed by atoms with Gasteiger partial charge in [-0.15, -0.1) is 0 Å². The van der Waals surface area contributed by atoms with Crippen LogP contribution in [0.3, 0.4) is 0 Å². The van der Waals surface area contributed by atoms with Crippen molar-refractivity contribution in [1.29, 1.82) is 0 Å². The van der Waals surface area contributed by atoms with E-state index in [9.17, 15) is 14.4 Å². The standard InChI is InChI=1S/C28H34N2O5/c1-2-19(15-26(31)30-14-13-20(17-30)11-12-27(32)33)16-29-28(34)35-18-25-23-9-5-3-7-21(23)22-8-4-6-10-24(22)25/h3-10,19-20,25H,2,11-18H2,1H3,(H,29,34)(H,32,33). The van der Waals surface area contributed by atoms with Crippen molar-refractivity contribution in [2.75, 3.05) is 26.2 Å². The van der Waals surface area contributed by atoms with Crippen molar-refractivity contribution in [3.63, 3.8) is 0 Å². The summed E-state index contributed by atoms with van der Waals surface area (Å²) in [7, 11) is 0. The molecule has 2 atom stereocenters. The maximum absolute atomic E-state index is 12.7. The Morgan fingerprint density at radius 3 is 2.37 bits per heavy atom. The highest BCUT2D eigenvalue weighted by Crippen LogP contribution is 2.44. The highest BCUT2D eigenvalue weighted by atomic mass is 16.5. The summed E-state index contributed by atoms with van der Waals surface area (Å²) in [5.74, 6) is -0.416. The van der Waals surface area contributed by atoms with Crippen LogP contribution < -0.4 is 5.32 Å². The van der Waals surface area contributed by atoms with Gasteiger partial charge in [-0.25, -0.2) is 4.79 Å². The van der Waals surface area contributed by atoms with Crippen molar-refractivity contribution < 1.29 is 24.2 Å². The highest BCUT2D eigenvalue weighted by Gasteiger charge is 2.30. The van der Waals surface area contributed by atoms with Gasteiger partial charge in [-0.2, -0.15) is 0 Å². The Kier molecular flexibility index (Phi) is 8.06. The molecule has 7 nitrogen and oxygen atoms in total. The van der Waals surface area contributed by atoms with Crippen LogP contribution in [0.5, 0.6) is 0 Å². The second kappa shape index (κ2) is 11.4. The van der Waals surface area contributed by atoms with Gasteiger partial charge in [-0.3, -0.25) is 9.59 Å². The third-order valence-electron chi connectivity index (χ3n) is 7.32. The number of aliphatic carboxylic acids is 1. The number of fused-ring (bicyclic) bond motifs is 3. The summed E-state index contributed by atoms with van der Waals surface area (Å²) in [5, 5.41) is 11.7. The minimum Gasteiger partial charge on any atom is -0.481 e. The van der Waals surface area contributed by atoms with Crippen molar-refractivity contribution in [1.82, 2.24) is 10.2 Å². The number of alkyl carbamates (subject to hydrolysis) is 1. The van der Waals surface area contributed by atoms with Crippen LogP contribution >= 0.6 is 0 Å². The first-order valence-electron chi connectivity index (χ1n) is 12.5. The van der Waals surface area contributed by atoms with Crippen LogP contribution in [0.1, 0.15) is 56.1 Å². The lowest BCUT2D eigenvalue weighted by molar-refractivity contribution is -0.137. The molecule has 0 aromatic heterocycles. The van der Waals surface area contributed by atoms with Crippen molar-refractivity contribution in [3.05, 3.63) is 59.7 Å². The molecule has 7 heteroatoms. The maximum Gasteiger partial charge on any atom is 0.407 e. The van der Waals surface area contributed by atoms with Crippen molar-refractivity contribution in [2.45, 2.75) is 44.9 Å². The number of amides is 2. The molecule has 1 aliphatic carbocycles. The van der Waals surface area contributed by atoms with E-state index in [2.05, 4.69) is 29.6 Å². The third kappa shape index (κ3) is 6.02. The van der Waals surface area contributed by atoms with Gasteiger partial charge in [0, 0.05) is 38.4 Å². The maximum atomic E-state index is 12.7. The van der Waals surface area contributed by atoms with Gasteiger partial charge < -0.3 is 20.1 Å². The molecule has 2 unspecified atom stereocenters. The second-order valence-electron chi connectivity index (χ2n) is 9.61. The number of carbonyl (C=O) groups excluding carboxylic acids is 2. The molecule has 4 rings (SSSR count). The van der Waals surface area contributed by atoms with Gasteiger partial charge in [0.15, 0.2) is 0 Å². The normalized spacial score (nSPS) is 17.5. The monoisotopic (exact) mass is 478 g/mol. The molecule has 0 bridgehead atoms. The second-order valence-corrected chi connectivity index (χ2v) is 9.61. The highest BCUT2D eigenvalue weighted by molar-refractivity contribution is 5.79. The number of nitrogens with one attached hydrogen (secondary N) is 1. The number of carbonyl (C=O) groups is 3. The number of hydrogen-bond acceptors (Lipinski definition) is 4. The number of carboxylic acid groups (broad SMARTS) is 1. The summed E-state index contributed by atoms with van der Waals surface area (Å²) in [5.41, 5.74) is 4.72. The van der Waals surface area contributed by atoms with Crippen molar-refractivity contribution in [3.8, 4) is 11.1 Å². The number of benzene rings is 2. The summed E-state index contributed by atoms with van der Waals surface area (Å²) in [6, 6.07) is 16.4. The topological polar surface area (TPSA) is 95.9 Å². The molecule has 1 fully saturated rings. The summed E-state index contributed by atoms with van der Waals surface area (Å²) in [4.78, 5) is 37.8. The van der Waals surface area contributed by atoms with Crippen LogP contribution in [0.2, 0.25) is 0 Å². The van der Waals surface area contributed by atoms with Gasteiger partial charge in [0.2, 0.25) is 5.91 Å². The Hall–Kier alpha value is -3.35. The molecule has 0 saturated carbocycles. The van der Waals surface area contributed by atoms with E-state index in [4.69, 9.17) is 9.84 Å². The number of hydrogen-bond donors (Lipinski definition) is 2. The minimum absolute atomic E-state index is 0.0148. The molecular formula is C28H34N2O5. The van der Waals surface area contributed by atoms with E-state index < -0.39 is 12.1 Å². The lowest BCUT2D eigenvalue weighted by Gasteiger charge is -2.21. The molecule has 0 spiro atoms. The Morgan fingerprint density at radius 2 is 1.74 bits per heavy atom. The molecule has 0 radical (unpaired) electrons. The zero-order chi connectivity index (χ0) is 24.8. The van der Waals surface area contributed by atoms with Gasteiger partial charge in [-0.1, -0.05) is 61.9 Å². The smallest absolute Gasteiger partial charge is 0.407 e. The molecule has 2 aliphatic rings. The summed E-state index contributed by atoms with van der Waals surface area (Å²) in [6.07, 6.45) is 2.28. The predicted octanol–water partition coefficient (Wildman–Crippen LogP) is 4.65. The molecule has 186 valence electrons. The average Bonchev–Trinajstić information content (AvgIpc) is 3.47. The SMILES string of the molecule is CCC(CNC(=O)OCC1c2ccccc2-c2ccccc21)CC(=O)N1CCC(CCC(=O)O)C1. The van der Waals surface area contributed by atoms with Gasteiger partial charge in [-0.05, 0) is 46.9 Å². The summed E-state index contributed by atoms with van der Waals surface area (Å²) in [6.45, 7) is 3.97. The van der Waals surface area contributed by atoms with Crippen LogP contribution in [0.15, 0.2) is 48.5 Å². The van der Waals surface area contributed by atoms with Crippen molar-refractivity contribution >= 4 is 18.0 Å². The predicted molar refractivity (Wildman–Crippen MR) is 133 cm³/mol. The van der Waals surface area contributed by atoms with Crippen LogP contribution in [0.4, 0.5) is 4.79 Å². The molecule has 2 amide bonds. The summed E-state index contributed by atoms with van der Waals surface area (Å²) < 4.78 is 5.61. The first-order valence-corrected chi connectivity index (χ1v) is 12.5. The lowest BCUT2D eigenvalue weighted by atomic mass is 9.98. The third-order valence-corrected chi connectivity index (χ3v) is 7.32. The fourth-order valence-electron chi connectivity index (χ4n) is 5.24. The Labute approximate surface area is 206 Å². The molecular weight excluding hydrogens is 444 g/mol. The molecule has 1 aliphatic heterocycles. The largest absolute Gasteiger partial charge is 0.481 e. The van der Waals surface area contributed by atoms with Crippen LogP contribution in [0.25, 0.3) is 11.1 Å². The molecule has 2 aromatic rings. The van der Waals surface area contributed by atoms with Gasteiger partial charge >= 0.3 is 12.1 Å². The Balaban J connectivity index is 1.23. The van der Waals surface area contributed by atoms with Gasteiger partial charge in [0.25, 0.3) is 0 Å². The van der Waals surface area contributed by atoms with Gasteiger partial charge in [0.05, 0.1) is 0 Å². The molecule has 35 heavy (non-hydrogen) atoms. The summed E-state index contributed by atoms with van der Waals surface area (Å²) >= 11 is 0. The number of nitrogens with zero attached hydrogens (tertiary/aromatic N) is 1. The number of ether oxygens (including phenoxy) is 1. The minimum atomic E-state index is -0.792. The van der Waals surface area contributed by atoms with E-state index in [0.717, 1.165) is 12.8 Å². The number of rotatable bonds is 10. The van der Waals surface area contributed by atoms with Crippen LogP contribution in [-0.4, -0.2) is 54.2 Å². The van der Waals surface area contributed by atoms with E-state index >= 15 is 0 Å². The van der Waals surface area contributed by atoms with Crippen molar-refractivity contribution in [2.24, 2.45) is 11.8 Å². The first-order chi connectivity index (χ1) is 17.0. The fraction of sp³-hybridized carbons (Fsp3) is 0.464. The zero-order valence-electron chi connectivity index (χ0n) is 20.2. The van der Waals surface area contributed by atoms with E-state index in [1.807, 2.05) is 36.1 Å². The van der Waals surface area contributed by atoms with E-state index in [1.165, 1.54) is 22.3 Å². The first kappa shape index (κ1) is 24.8. The molecule has 1 saturated heterocycles. The Bertz CT molecular complexity index is 1020. The Morgan fingerprint density at radius 1 is 1.09 bits per heavy atom. The zero-order valence-corrected chi connectivity index (χ0v) is 20.2. The lowest BCUT2D eigenvalue weighted by Crippen LogP contribution is -2.35. The number of likely N-dealkylation sites (tertiary alicyclic amines) is 1. The quantitative estimate of drug-likeness (QED) is 0.518. The average molecular weight is 479 g/mol. The molecule has 2 N–H and O–H groups in total. The van der Waals surface area contributed by atoms with E-state index in [1.54, 1.807) is 0 Å². The van der Waals surface area contributed by atoms with Gasteiger partial charge in [0.1, 0.15) is 6.61 Å². The van der Waals surface area contributed by atoms with E-state index in [0.29, 0.717) is 32.5 Å². The van der Waals surface area contributed by atoms with Crippen LogP contribution in [0, 0.1) is 11.8 Å². The molecule has 2 aromatic carbocycles. The fourth-order valence-corrected chi connectivity index (χ4v) is 5.24. The molecule has 1 heterocycles. The van der Waals surface area contributed by atoms with E-state index in [-0.39, 0.29) is 36.7 Å². The van der Waals surface area contributed by atoms with Crippen LogP contribution in [-0.2, 0) is 14.3 Å². The number of carboxylic acids is 1.